The minimum Gasteiger partial charge on any atom is -0.497 e. The molecular weight excluding hydrogens is 444 g/mol. The first-order chi connectivity index (χ1) is 16.1. The van der Waals surface area contributed by atoms with Crippen molar-refractivity contribution in [2.24, 2.45) is 11.3 Å². The molecule has 34 heavy (non-hydrogen) atoms. The van der Waals surface area contributed by atoms with Crippen molar-refractivity contribution in [3.05, 3.63) is 42.0 Å². The van der Waals surface area contributed by atoms with Crippen LogP contribution >= 0.6 is 0 Å². The second-order valence-corrected chi connectivity index (χ2v) is 16.5. The lowest BCUT2D eigenvalue weighted by molar-refractivity contribution is -0.148. The Labute approximate surface area is 207 Å². The summed E-state index contributed by atoms with van der Waals surface area (Å²) in [4.78, 5) is 13.0. The maximum absolute atomic E-state index is 13.0. The highest BCUT2D eigenvalue weighted by atomic mass is 28.4. The van der Waals surface area contributed by atoms with Crippen LogP contribution in [0.25, 0.3) is 0 Å². The second kappa shape index (κ2) is 11.0. The number of cyclic esters (lactones) is 1. The van der Waals surface area contributed by atoms with Crippen molar-refractivity contribution in [2.45, 2.75) is 90.1 Å². The number of rotatable bonds is 11. The van der Waals surface area contributed by atoms with Crippen molar-refractivity contribution in [2.75, 3.05) is 20.3 Å². The summed E-state index contributed by atoms with van der Waals surface area (Å²) in [7, 11) is -0.294. The molecule has 3 rings (SSSR count). The molecule has 1 aromatic rings. The quantitative estimate of drug-likeness (QED) is 0.198. The number of benzene rings is 1. The van der Waals surface area contributed by atoms with Crippen molar-refractivity contribution in [1.82, 2.24) is 0 Å². The first-order valence-electron chi connectivity index (χ1n) is 12.8. The fraction of sp³-hybridized carbons (Fsp3) is 0.679. The Balaban J connectivity index is 1.57. The number of hydrogen-bond donors (Lipinski definition) is 0. The molecule has 1 aromatic carbocycles. The van der Waals surface area contributed by atoms with Crippen LogP contribution in [0, 0.1) is 11.3 Å². The third-order valence-corrected chi connectivity index (χ3v) is 14.3. The van der Waals surface area contributed by atoms with Crippen molar-refractivity contribution in [3.8, 4) is 5.75 Å². The van der Waals surface area contributed by atoms with Gasteiger partial charge in [-0.2, -0.15) is 0 Å². The molecular formula is C28H44O5Si. The van der Waals surface area contributed by atoms with Crippen LogP contribution in [0.5, 0.6) is 5.75 Å². The van der Waals surface area contributed by atoms with Gasteiger partial charge in [0.05, 0.1) is 25.7 Å². The fourth-order valence-electron chi connectivity index (χ4n) is 6.44. The molecule has 1 spiro atoms. The van der Waals surface area contributed by atoms with E-state index in [2.05, 4.69) is 48.1 Å². The van der Waals surface area contributed by atoms with E-state index in [1.807, 2.05) is 24.3 Å². The van der Waals surface area contributed by atoms with Crippen LogP contribution in [-0.4, -0.2) is 40.7 Å². The standard InChI is InChI=1S/C28H44O5Si/c1-19(2)34(20(3)4,21(5)6)32-17-24-13-14-28(22(24)7)15-26(33-27(28)29)18-31-16-23-9-11-25(30-8)12-10-23/h9-12,19-21,24,26H,7,13-18H2,1-6,8H3/t24-,26?,28+/m0/s1. The number of carbonyl (C=O) groups is 1. The molecule has 1 saturated carbocycles. The van der Waals surface area contributed by atoms with Gasteiger partial charge in [0.25, 0.3) is 0 Å². The zero-order valence-electron chi connectivity index (χ0n) is 22.2. The van der Waals surface area contributed by atoms with Gasteiger partial charge in [0.2, 0.25) is 0 Å². The lowest BCUT2D eigenvalue weighted by Gasteiger charge is -2.43. The molecule has 0 amide bonds. The first-order valence-corrected chi connectivity index (χ1v) is 15.0. The van der Waals surface area contributed by atoms with Crippen molar-refractivity contribution < 1.29 is 23.4 Å². The predicted molar refractivity (Wildman–Crippen MR) is 138 cm³/mol. The molecule has 2 fully saturated rings. The SMILES string of the molecule is C=C1[C@H](CO[Si](C(C)C)(C(C)C)C(C)C)CC[C@@]12CC(COCc1ccc(OC)cc1)OC2=O. The van der Waals surface area contributed by atoms with Crippen LogP contribution in [0.15, 0.2) is 36.4 Å². The van der Waals surface area contributed by atoms with E-state index in [9.17, 15) is 4.79 Å². The van der Waals surface area contributed by atoms with Gasteiger partial charge < -0.3 is 18.6 Å². The Morgan fingerprint density at radius 3 is 2.24 bits per heavy atom. The molecule has 1 aliphatic carbocycles. The Bertz CT molecular complexity index is 825. The van der Waals surface area contributed by atoms with Crippen LogP contribution in [0.3, 0.4) is 0 Å². The molecule has 0 N–H and O–H groups in total. The van der Waals surface area contributed by atoms with Gasteiger partial charge in [-0.3, -0.25) is 4.79 Å². The molecule has 2 aliphatic rings. The van der Waals surface area contributed by atoms with Crippen LogP contribution in [0.1, 0.15) is 66.4 Å². The first kappa shape index (κ1) is 27.0. The predicted octanol–water partition coefficient (Wildman–Crippen LogP) is 6.67. The van der Waals surface area contributed by atoms with Crippen molar-refractivity contribution in [1.29, 1.82) is 0 Å². The second-order valence-electron chi connectivity index (χ2n) is 11.1. The lowest BCUT2D eigenvalue weighted by Crippen LogP contribution is -2.48. The summed E-state index contributed by atoms with van der Waals surface area (Å²) < 4.78 is 23.7. The van der Waals surface area contributed by atoms with Gasteiger partial charge in [-0.05, 0) is 47.2 Å². The summed E-state index contributed by atoms with van der Waals surface area (Å²) in [5, 5.41) is 0. The Morgan fingerprint density at radius 2 is 1.68 bits per heavy atom. The number of carbonyl (C=O) groups excluding carboxylic acids is 1. The van der Waals surface area contributed by atoms with Crippen LogP contribution in [0.4, 0.5) is 0 Å². The zero-order chi connectivity index (χ0) is 25.1. The maximum Gasteiger partial charge on any atom is 0.316 e. The molecule has 3 atom stereocenters. The molecule has 1 saturated heterocycles. The molecule has 6 heteroatoms. The van der Waals surface area contributed by atoms with Crippen molar-refractivity contribution >= 4 is 14.3 Å². The summed E-state index contributed by atoms with van der Waals surface area (Å²) in [6.45, 7) is 19.8. The summed E-state index contributed by atoms with van der Waals surface area (Å²) in [5.41, 5.74) is 3.13. The Morgan fingerprint density at radius 1 is 1.06 bits per heavy atom. The third-order valence-electron chi connectivity index (χ3n) is 8.24. The summed E-state index contributed by atoms with van der Waals surface area (Å²) in [6, 6.07) is 7.81. The average Bonchev–Trinajstić information content (AvgIpc) is 3.28. The van der Waals surface area contributed by atoms with E-state index in [0.717, 1.165) is 29.7 Å². The van der Waals surface area contributed by atoms with E-state index in [0.29, 0.717) is 42.9 Å². The largest absolute Gasteiger partial charge is 0.497 e. The molecule has 5 nitrogen and oxygen atoms in total. The van der Waals surface area contributed by atoms with Crippen LogP contribution < -0.4 is 4.74 Å². The molecule has 0 radical (unpaired) electrons. The molecule has 1 heterocycles. The summed E-state index contributed by atoms with van der Waals surface area (Å²) in [5.74, 6) is 0.913. The molecule has 1 unspecified atom stereocenters. The Kier molecular flexibility index (Phi) is 8.69. The van der Waals surface area contributed by atoms with Gasteiger partial charge in [0, 0.05) is 18.9 Å². The molecule has 0 bridgehead atoms. The van der Waals surface area contributed by atoms with E-state index in [1.54, 1.807) is 7.11 Å². The van der Waals surface area contributed by atoms with Crippen LogP contribution in [0.2, 0.25) is 16.6 Å². The third kappa shape index (κ3) is 5.14. The van der Waals surface area contributed by atoms with Crippen LogP contribution in [-0.2, 0) is 25.3 Å². The number of methoxy groups -OCH3 is 1. The zero-order valence-corrected chi connectivity index (χ0v) is 23.2. The topological polar surface area (TPSA) is 54.0 Å². The monoisotopic (exact) mass is 488 g/mol. The van der Waals surface area contributed by atoms with Gasteiger partial charge in [0.15, 0.2) is 8.32 Å². The van der Waals surface area contributed by atoms with E-state index < -0.39 is 13.7 Å². The minimum atomic E-state index is -1.95. The fourth-order valence-corrected chi connectivity index (χ4v) is 11.9. The van der Waals surface area contributed by atoms with E-state index in [1.165, 1.54) is 0 Å². The number of hydrogen-bond acceptors (Lipinski definition) is 5. The smallest absolute Gasteiger partial charge is 0.316 e. The van der Waals surface area contributed by atoms with E-state index in [-0.39, 0.29) is 18.0 Å². The van der Waals surface area contributed by atoms with Gasteiger partial charge in [-0.15, -0.1) is 0 Å². The lowest BCUT2D eigenvalue weighted by atomic mass is 9.79. The highest BCUT2D eigenvalue weighted by Gasteiger charge is 2.56. The van der Waals surface area contributed by atoms with Crippen molar-refractivity contribution in [3.63, 3.8) is 0 Å². The highest BCUT2D eigenvalue weighted by Crippen LogP contribution is 2.54. The summed E-state index contributed by atoms with van der Waals surface area (Å²) in [6.07, 6.45) is 2.17. The van der Waals surface area contributed by atoms with E-state index in [4.69, 9.17) is 18.6 Å². The van der Waals surface area contributed by atoms with Gasteiger partial charge in [0.1, 0.15) is 11.9 Å². The van der Waals surface area contributed by atoms with E-state index >= 15 is 0 Å². The molecule has 190 valence electrons. The normalized spacial score (nSPS) is 25.2. The number of esters is 1. The number of ether oxygens (including phenoxy) is 3. The van der Waals surface area contributed by atoms with Gasteiger partial charge >= 0.3 is 5.97 Å². The Hall–Kier alpha value is -1.63. The minimum absolute atomic E-state index is 0.127. The van der Waals surface area contributed by atoms with Gasteiger partial charge in [-0.1, -0.05) is 65.8 Å². The summed E-state index contributed by atoms with van der Waals surface area (Å²) >= 11 is 0. The molecule has 1 aliphatic heterocycles. The maximum atomic E-state index is 13.0. The molecule has 0 aromatic heterocycles. The average molecular weight is 489 g/mol. The highest BCUT2D eigenvalue weighted by molar-refractivity contribution is 6.77. The van der Waals surface area contributed by atoms with Gasteiger partial charge in [-0.25, -0.2) is 0 Å².